The Hall–Kier alpha value is -3.55. The quantitative estimate of drug-likeness (QED) is 0.645. The van der Waals surface area contributed by atoms with Gasteiger partial charge in [-0.15, -0.1) is 0 Å². The largest absolute Gasteiger partial charge is 0.454 e. The van der Waals surface area contributed by atoms with Crippen LogP contribution in [-0.2, 0) is 17.8 Å². The number of nitrogen functional groups attached to an aromatic ring is 1. The van der Waals surface area contributed by atoms with E-state index >= 15 is 0 Å². The summed E-state index contributed by atoms with van der Waals surface area (Å²) in [4.78, 5) is 24.2. The van der Waals surface area contributed by atoms with Gasteiger partial charge >= 0.3 is 5.97 Å². The highest BCUT2D eigenvalue weighted by Crippen LogP contribution is 2.19. The average Bonchev–Trinajstić information content (AvgIpc) is 2.66. The number of benzene rings is 2. The predicted molar refractivity (Wildman–Crippen MR) is 98.9 cm³/mol. The lowest BCUT2D eigenvalue weighted by Gasteiger charge is -2.11. The van der Waals surface area contributed by atoms with Crippen LogP contribution in [0.3, 0.4) is 0 Å². The minimum atomic E-state index is -0.807. The van der Waals surface area contributed by atoms with Gasteiger partial charge in [-0.1, -0.05) is 37.3 Å². The van der Waals surface area contributed by atoms with Gasteiger partial charge in [0.05, 0.1) is 5.56 Å². The molecule has 0 bridgehead atoms. The monoisotopic (exact) mass is 367 g/mol. The van der Waals surface area contributed by atoms with E-state index in [9.17, 15) is 9.18 Å². The number of anilines is 3. The number of nitrogens with two attached hydrogens (primary N) is 1. The smallest absolute Gasteiger partial charge is 0.341 e. The van der Waals surface area contributed by atoms with Crippen molar-refractivity contribution in [2.24, 2.45) is 0 Å². The molecule has 0 spiro atoms. The summed E-state index contributed by atoms with van der Waals surface area (Å²) in [6.07, 6.45) is 0.830. The van der Waals surface area contributed by atoms with Gasteiger partial charge in [-0.25, -0.2) is 9.18 Å². The Morgan fingerprint density at radius 3 is 2.63 bits per heavy atom. The van der Waals surface area contributed by atoms with Gasteiger partial charge in [0, 0.05) is 5.69 Å². The fourth-order valence-electron chi connectivity index (χ4n) is 2.46. The Kier molecular flexibility index (Phi) is 5.55. The first-order valence-corrected chi connectivity index (χ1v) is 8.34. The van der Waals surface area contributed by atoms with E-state index in [1.54, 1.807) is 6.07 Å². The zero-order valence-corrected chi connectivity index (χ0v) is 14.6. The predicted octanol–water partition coefficient (Wildman–Crippen LogP) is 3.26. The van der Waals surface area contributed by atoms with Crippen LogP contribution in [-0.4, -0.2) is 20.9 Å². The van der Waals surface area contributed by atoms with E-state index in [2.05, 4.69) is 20.3 Å². The molecule has 3 rings (SSSR count). The lowest BCUT2D eigenvalue weighted by molar-refractivity contribution is 0.0457. The molecule has 8 heteroatoms. The zero-order chi connectivity index (χ0) is 19.2. The lowest BCUT2D eigenvalue weighted by Crippen LogP contribution is -2.12. The first kappa shape index (κ1) is 18.2. The number of rotatable bonds is 6. The summed E-state index contributed by atoms with van der Waals surface area (Å²) in [7, 11) is 0. The van der Waals surface area contributed by atoms with Gasteiger partial charge in [0.15, 0.2) is 12.4 Å². The Balaban J connectivity index is 1.74. The number of aryl methyl sites for hydroxylation is 1. The number of para-hydroxylation sites is 1. The summed E-state index contributed by atoms with van der Waals surface area (Å²) >= 11 is 0. The second-order valence-corrected chi connectivity index (χ2v) is 5.63. The first-order chi connectivity index (χ1) is 13.1. The summed E-state index contributed by atoms with van der Waals surface area (Å²) in [5.74, 6) is -1.09. The highest BCUT2D eigenvalue weighted by molar-refractivity contribution is 5.89. The van der Waals surface area contributed by atoms with Crippen molar-refractivity contribution < 1.29 is 13.9 Å². The number of nitrogens with zero attached hydrogens (tertiary/aromatic N) is 3. The molecule has 1 aromatic heterocycles. The van der Waals surface area contributed by atoms with E-state index in [4.69, 9.17) is 10.5 Å². The van der Waals surface area contributed by atoms with Crippen LogP contribution in [0.5, 0.6) is 0 Å². The van der Waals surface area contributed by atoms with Crippen molar-refractivity contribution in [2.45, 2.75) is 20.0 Å². The van der Waals surface area contributed by atoms with Gasteiger partial charge < -0.3 is 15.8 Å². The molecule has 7 nitrogen and oxygen atoms in total. The van der Waals surface area contributed by atoms with Crippen molar-refractivity contribution in [3.8, 4) is 0 Å². The molecule has 0 amide bonds. The van der Waals surface area contributed by atoms with E-state index in [1.807, 2.05) is 31.2 Å². The Morgan fingerprint density at radius 1 is 1.11 bits per heavy atom. The molecular weight excluding hydrogens is 349 g/mol. The maximum atomic E-state index is 13.6. The number of esters is 1. The molecule has 1 heterocycles. The number of halogens is 1. The van der Waals surface area contributed by atoms with E-state index in [0.717, 1.165) is 17.7 Å². The van der Waals surface area contributed by atoms with Gasteiger partial charge in [0.25, 0.3) is 0 Å². The fraction of sp³-hybridized carbons (Fsp3) is 0.158. The maximum Gasteiger partial charge on any atom is 0.341 e. The van der Waals surface area contributed by atoms with Crippen LogP contribution in [0.25, 0.3) is 0 Å². The third kappa shape index (κ3) is 4.55. The van der Waals surface area contributed by atoms with Gasteiger partial charge in [-0.05, 0) is 30.2 Å². The molecule has 0 saturated heterocycles. The molecule has 3 N–H and O–H groups in total. The van der Waals surface area contributed by atoms with Crippen LogP contribution >= 0.6 is 0 Å². The van der Waals surface area contributed by atoms with Crippen LogP contribution in [0.4, 0.5) is 22.0 Å². The van der Waals surface area contributed by atoms with Gasteiger partial charge in [0.1, 0.15) is 5.82 Å². The molecule has 27 heavy (non-hydrogen) atoms. The van der Waals surface area contributed by atoms with Crippen LogP contribution in [0.1, 0.15) is 28.7 Å². The molecule has 0 atom stereocenters. The molecule has 0 unspecified atom stereocenters. The van der Waals surface area contributed by atoms with Crippen LogP contribution < -0.4 is 11.1 Å². The van der Waals surface area contributed by atoms with E-state index < -0.39 is 11.8 Å². The van der Waals surface area contributed by atoms with Crippen LogP contribution in [0, 0.1) is 5.82 Å². The highest BCUT2D eigenvalue weighted by atomic mass is 19.1. The third-order valence-electron chi connectivity index (χ3n) is 3.77. The van der Waals surface area contributed by atoms with Gasteiger partial charge in [0.2, 0.25) is 11.9 Å². The van der Waals surface area contributed by atoms with Crippen molar-refractivity contribution in [1.82, 2.24) is 15.0 Å². The SMILES string of the molecule is CCc1ccccc1Nc1nc(N)nc(COC(=O)c2ccccc2F)n1. The summed E-state index contributed by atoms with van der Waals surface area (Å²) < 4.78 is 18.7. The minimum Gasteiger partial charge on any atom is -0.454 e. The Labute approximate surface area is 155 Å². The van der Waals surface area contributed by atoms with Crippen molar-refractivity contribution in [2.75, 3.05) is 11.1 Å². The molecule has 3 aromatic rings. The second kappa shape index (κ2) is 8.22. The first-order valence-electron chi connectivity index (χ1n) is 8.34. The second-order valence-electron chi connectivity index (χ2n) is 5.63. The standard InChI is InChI=1S/C19H18FN5O2/c1-2-12-7-3-6-10-15(12)22-19-24-16(23-18(21)25-19)11-27-17(26)13-8-4-5-9-14(13)20/h3-10H,2,11H2,1H3,(H3,21,22,23,24,25). The number of hydrogen-bond donors (Lipinski definition) is 2. The number of hydrogen-bond acceptors (Lipinski definition) is 7. The van der Waals surface area contributed by atoms with E-state index in [0.29, 0.717) is 0 Å². The molecule has 0 saturated carbocycles. The normalized spacial score (nSPS) is 10.4. The maximum absolute atomic E-state index is 13.6. The summed E-state index contributed by atoms with van der Waals surface area (Å²) in [5.41, 5.74) is 7.50. The molecule has 2 aromatic carbocycles. The summed E-state index contributed by atoms with van der Waals surface area (Å²) in [6.45, 7) is 1.78. The highest BCUT2D eigenvalue weighted by Gasteiger charge is 2.14. The summed E-state index contributed by atoms with van der Waals surface area (Å²) in [5, 5.41) is 3.09. The molecule has 0 aliphatic rings. The zero-order valence-electron chi connectivity index (χ0n) is 14.6. The number of ether oxygens (including phenoxy) is 1. The molecule has 138 valence electrons. The van der Waals surface area contributed by atoms with Crippen molar-refractivity contribution in [3.63, 3.8) is 0 Å². The number of nitrogens with one attached hydrogen (secondary N) is 1. The van der Waals surface area contributed by atoms with Crippen molar-refractivity contribution in [3.05, 3.63) is 71.3 Å². The Morgan fingerprint density at radius 2 is 1.85 bits per heavy atom. The number of aromatic nitrogens is 3. The van der Waals surface area contributed by atoms with Gasteiger partial charge in [-0.3, -0.25) is 0 Å². The fourth-order valence-corrected chi connectivity index (χ4v) is 2.46. The van der Waals surface area contributed by atoms with Crippen molar-refractivity contribution in [1.29, 1.82) is 0 Å². The number of carbonyl (C=O) groups is 1. The van der Waals surface area contributed by atoms with Crippen molar-refractivity contribution >= 4 is 23.6 Å². The summed E-state index contributed by atoms with van der Waals surface area (Å²) in [6, 6.07) is 13.3. The van der Waals surface area contributed by atoms with Crippen LogP contribution in [0.2, 0.25) is 0 Å². The average molecular weight is 367 g/mol. The van der Waals surface area contributed by atoms with E-state index in [-0.39, 0.29) is 29.9 Å². The molecular formula is C19H18FN5O2. The number of carbonyl (C=O) groups excluding carboxylic acids is 1. The van der Waals surface area contributed by atoms with Gasteiger partial charge in [-0.2, -0.15) is 15.0 Å². The molecule has 0 radical (unpaired) electrons. The minimum absolute atomic E-state index is 0.0154. The molecule has 0 aliphatic heterocycles. The molecule has 0 fully saturated rings. The topological polar surface area (TPSA) is 103 Å². The lowest BCUT2D eigenvalue weighted by atomic mass is 10.1. The Bertz CT molecular complexity index is 964. The molecule has 0 aliphatic carbocycles. The van der Waals surface area contributed by atoms with Crippen LogP contribution in [0.15, 0.2) is 48.5 Å². The third-order valence-corrected chi connectivity index (χ3v) is 3.77. The van der Waals surface area contributed by atoms with E-state index in [1.165, 1.54) is 18.2 Å².